The lowest BCUT2D eigenvalue weighted by atomic mass is 10.3. The average Bonchev–Trinajstić information content (AvgIpc) is 2.97. The highest BCUT2D eigenvalue weighted by atomic mass is 35.5. The molecular weight excluding hydrogens is 322 g/mol. The van der Waals surface area contributed by atoms with E-state index in [-0.39, 0.29) is 16.6 Å². The minimum Gasteiger partial charge on any atom is -0.379 e. The van der Waals surface area contributed by atoms with E-state index in [9.17, 15) is 9.59 Å². The molecule has 0 saturated carbocycles. The molecule has 0 bridgehead atoms. The molecule has 2 aromatic rings. The van der Waals surface area contributed by atoms with Crippen LogP contribution in [0.4, 0.5) is 0 Å². The second-order valence-electron chi connectivity index (χ2n) is 5.37. The maximum atomic E-state index is 12.3. The van der Waals surface area contributed by atoms with Crippen LogP contribution in [0.3, 0.4) is 0 Å². The van der Waals surface area contributed by atoms with Crippen molar-refractivity contribution in [2.75, 3.05) is 39.4 Å². The molecule has 8 nitrogen and oxygen atoms in total. The van der Waals surface area contributed by atoms with Gasteiger partial charge in [-0.05, 0) is 6.92 Å². The third kappa shape index (κ3) is 3.24. The Kier molecular flexibility index (Phi) is 4.65. The van der Waals surface area contributed by atoms with E-state index < -0.39 is 5.56 Å². The second-order valence-corrected chi connectivity index (χ2v) is 5.75. The van der Waals surface area contributed by atoms with Crippen LogP contribution in [0.5, 0.6) is 0 Å². The van der Waals surface area contributed by atoms with E-state index in [1.165, 1.54) is 10.7 Å². The van der Waals surface area contributed by atoms with Gasteiger partial charge in [0.2, 0.25) is 0 Å². The van der Waals surface area contributed by atoms with Crippen LogP contribution in [0.1, 0.15) is 16.1 Å². The van der Waals surface area contributed by atoms with E-state index in [4.69, 9.17) is 16.3 Å². The highest BCUT2D eigenvalue weighted by molar-refractivity contribution is 6.31. The van der Waals surface area contributed by atoms with E-state index >= 15 is 0 Å². The number of H-pyrrole nitrogens is 1. The first-order chi connectivity index (χ1) is 11.1. The van der Waals surface area contributed by atoms with Gasteiger partial charge < -0.3 is 10.1 Å². The van der Waals surface area contributed by atoms with Crippen LogP contribution in [0.15, 0.2) is 11.0 Å². The van der Waals surface area contributed by atoms with Crippen molar-refractivity contribution in [2.24, 2.45) is 0 Å². The number of carbonyl (C=O) groups excluding carboxylic acids is 1. The maximum Gasteiger partial charge on any atom is 0.291 e. The summed E-state index contributed by atoms with van der Waals surface area (Å²) in [5.74, 6) is -0.273. The number of morpholine rings is 1. The molecule has 3 heterocycles. The minimum absolute atomic E-state index is 0.0450. The standard InChI is InChI=1S/C14H18ClN5O3/c1-9-11(15)14(22)20-12(18-9)10(8-17-20)13(21)16-2-3-19-4-6-23-7-5-19/h8,17H,2-7H2,1H3,(H,16,21). The summed E-state index contributed by atoms with van der Waals surface area (Å²) in [6.07, 6.45) is 1.46. The normalized spacial score (nSPS) is 15.9. The van der Waals surface area contributed by atoms with Crippen molar-refractivity contribution in [3.63, 3.8) is 0 Å². The predicted molar refractivity (Wildman–Crippen MR) is 85.2 cm³/mol. The maximum absolute atomic E-state index is 12.3. The topological polar surface area (TPSA) is 91.7 Å². The largest absolute Gasteiger partial charge is 0.379 e. The van der Waals surface area contributed by atoms with Crippen LogP contribution < -0.4 is 10.9 Å². The Morgan fingerprint density at radius 2 is 2.22 bits per heavy atom. The fourth-order valence-electron chi connectivity index (χ4n) is 2.52. The summed E-state index contributed by atoms with van der Waals surface area (Å²) in [6, 6.07) is 0. The number of rotatable bonds is 4. The van der Waals surface area contributed by atoms with E-state index in [0.29, 0.717) is 17.8 Å². The van der Waals surface area contributed by atoms with E-state index in [1.54, 1.807) is 6.92 Å². The van der Waals surface area contributed by atoms with Crippen molar-refractivity contribution in [1.82, 2.24) is 24.8 Å². The molecule has 0 unspecified atom stereocenters. The molecule has 0 aromatic carbocycles. The first-order valence-electron chi connectivity index (χ1n) is 7.42. The summed E-state index contributed by atoms with van der Waals surface area (Å²) in [6.45, 7) is 6.11. The molecule has 1 aliphatic rings. The first kappa shape index (κ1) is 16.0. The number of hydrogen-bond acceptors (Lipinski definition) is 5. The lowest BCUT2D eigenvalue weighted by Crippen LogP contribution is -2.41. The van der Waals surface area contributed by atoms with Crippen LogP contribution in [-0.2, 0) is 4.74 Å². The van der Waals surface area contributed by atoms with Crippen molar-refractivity contribution in [3.05, 3.63) is 32.8 Å². The molecule has 1 saturated heterocycles. The van der Waals surface area contributed by atoms with Gasteiger partial charge in [-0.3, -0.25) is 19.6 Å². The van der Waals surface area contributed by atoms with Gasteiger partial charge in [-0.2, -0.15) is 4.52 Å². The molecule has 1 amide bonds. The number of fused-ring (bicyclic) bond motifs is 1. The van der Waals surface area contributed by atoms with Gasteiger partial charge in [0.05, 0.1) is 18.9 Å². The van der Waals surface area contributed by atoms with Gasteiger partial charge >= 0.3 is 0 Å². The summed E-state index contributed by atoms with van der Waals surface area (Å²) < 4.78 is 6.45. The second kappa shape index (κ2) is 6.69. The highest BCUT2D eigenvalue weighted by Gasteiger charge is 2.17. The highest BCUT2D eigenvalue weighted by Crippen LogP contribution is 2.12. The number of nitrogens with one attached hydrogen (secondary N) is 2. The first-order valence-corrected chi connectivity index (χ1v) is 7.80. The molecule has 9 heteroatoms. The summed E-state index contributed by atoms with van der Waals surface area (Å²) in [7, 11) is 0. The van der Waals surface area contributed by atoms with Crippen LogP contribution in [0.2, 0.25) is 5.02 Å². The summed E-state index contributed by atoms with van der Waals surface area (Å²) >= 11 is 5.88. The zero-order valence-corrected chi connectivity index (χ0v) is 13.5. The molecule has 3 rings (SSSR count). The molecule has 2 aromatic heterocycles. The Morgan fingerprint density at radius 1 is 1.48 bits per heavy atom. The lowest BCUT2D eigenvalue weighted by Gasteiger charge is -2.26. The van der Waals surface area contributed by atoms with Crippen LogP contribution >= 0.6 is 11.6 Å². The summed E-state index contributed by atoms with van der Waals surface area (Å²) in [4.78, 5) is 30.8. The lowest BCUT2D eigenvalue weighted by molar-refractivity contribution is 0.0383. The summed E-state index contributed by atoms with van der Waals surface area (Å²) in [5.41, 5.74) is 0.588. The third-order valence-electron chi connectivity index (χ3n) is 3.83. The number of carbonyl (C=O) groups is 1. The Labute approximate surface area is 137 Å². The number of aromatic amines is 1. The number of aryl methyl sites for hydroxylation is 1. The van der Waals surface area contributed by atoms with Gasteiger partial charge in [0, 0.05) is 32.4 Å². The smallest absolute Gasteiger partial charge is 0.291 e. The molecule has 0 radical (unpaired) electrons. The number of ether oxygens (including phenoxy) is 1. The predicted octanol–water partition coefficient (Wildman–Crippen LogP) is 0.0464. The SMILES string of the molecule is Cc1nc2c(C(=O)NCCN3CCOCC3)c[nH]n2c(=O)c1Cl. The van der Waals surface area contributed by atoms with Crippen molar-refractivity contribution in [3.8, 4) is 0 Å². The molecule has 0 spiro atoms. The van der Waals surface area contributed by atoms with Gasteiger partial charge in [0.1, 0.15) is 10.6 Å². The molecule has 2 N–H and O–H groups in total. The van der Waals surface area contributed by atoms with Crippen molar-refractivity contribution in [1.29, 1.82) is 0 Å². The van der Waals surface area contributed by atoms with Crippen LogP contribution in [0.25, 0.3) is 5.65 Å². The van der Waals surface area contributed by atoms with Gasteiger partial charge in [0.15, 0.2) is 5.65 Å². The number of amides is 1. The monoisotopic (exact) mass is 339 g/mol. The van der Waals surface area contributed by atoms with Gasteiger partial charge in [0.25, 0.3) is 11.5 Å². The number of halogens is 1. The van der Waals surface area contributed by atoms with Crippen LogP contribution in [0, 0.1) is 6.92 Å². The molecule has 0 atom stereocenters. The zero-order valence-electron chi connectivity index (χ0n) is 12.8. The molecule has 1 aliphatic heterocycles. The third-order valence-corrected chi connectivity index (χ3v) is 4.27. The van der Waals surface area contributed by atoms with E-state index in [0.717, 1.165) is 32.8 Å². The quantitative estimate of drug-likeness (QED) is 0.821. The van der Waals surface area contributed by atoms with Gasteiger partial charge in [-0.25, -0.2) is 4.98 Å². The molecule has 0 aliphatic carbocycles. The average molecular weight is 340 g/mol. The van der Waals surface area contributed by atoms with E-state index in [1.807, 2.05) is 0 Å². The Balaban J connectivity index is 1.70. The number of nitrogens with zero attached hydrogens (tertiary/aromatic N) is 3. The Bertz CT molecular complexity index is 779. The fraction of sp³-hybridized carbons (Fsp3) is 0.500. The zero-order chi connectivity index (χ0) is 16.4. The van der Waals surface area contributed by atoms with Crippen LogP contribution in [-0.4, -0.2) is 64.8 Å². The molecule has 124 valence electrons. The fourth-order valence-corrected chi connectivity index (χ4v) is 2.64. The molecule has 23 heavy (non-hydrogen) atoms. The van der Waals surface area contributed by atoms with Crippen molar-refractivity contribution in [2.45, 2.75) is 6.92 Å². The number of aromatic nitrogens is 3. The van der Waals surface area contributed by atoms with Crippen molar-refractivity contribution < 1.29 is 9.53 Å². The Morgan fingerprint density at radius 3 is 2.96 bits per heavy atom. The van der Waals surface area contributed by atoms with E-state index in [2.05, 4.69) is 20.3 Å². The Hall–Kier alpha value is -1.90. The van der Waals surface area contributed by atoms with Crippen molar-refractivity contribution >= 4 is 23.2 Å². The molecular formula is C14H18ClN5O3. The van der Waals surface area contributed by atoms with Gasteiger partial charge in [-0.1, -0.05) is 11.6 Å². The minimum atomic E-state index is -0.415. The summed E-state index contributed by atoms with van der Waals surface area (Å²) in [5, 5.41) is 5.61. The van der Waals surface area contributed by atoms with Gasteiger partial charge in [-0.15, -0.1) is 0 Å². The molecule has 1 fully saturated rings. The number of hydrogen-bond donors (Lipinski definition) is 2.